The van der Waals surface area contributed by atoms with Crippen LogP contribution >= 0.6 is 0 Å². The first-order chi connectivity index (χ1) is 8.65. The van der Waals surface area contributed by atoms with Crippen molar-refractivity contribution in [2.45, 2.75) is 39.3 Å². The zero-order chi connectivity index (χ0) is 13.4. The number of hydrogen-bond acceptors (Lipinski definition) is 5. The highest BCUT2D eigenvalue weighted by Gasteiger charge is 2.13. The first-order valence-electron chi connectivity index (χ1n) is 6.00. The summed E-state index contributed by atoms with van der Waals surface area (Å²) in [4.78, 5) is 0. The lowest BCUT2D eigenvalue weighted by Crippen LogP contribution is -2.24. The van der Waals surface area contributed by atoms with Gasteiger partial charge < -0.3 is 10.1 Å². The van der Waals surface area contributed by atoms with Gasteiger partial charge in [0.25, 0.3) is 6.43 Å². The van der Waals surface area contributed by atoms with Gasteiger partial charge in [0, 0.05) is 0 Å². The van der Waals surface area contributed by atoms with Crippen LogP contribution in [0.2, 0.25) is 0 Å². The number of rotatable bonds is 9. The molecule has 0 aliphatic heterocycles. The van der Waals surface area contributed by atoms with Gasteiger partial charge in [-0.15, -0.1) is 5.10 Å². The highest BCUT2D eigenvalue weighted by atomic mass is 19.3. The Balaban J connectivity index is 2.39. The molecule has 0 aliphatic carbocycles. The smallest absolute Gasteiger partial charge is 0.261 e. The van der Waals surface area contributed by atoms with Crippen molar-refractivity contribution in [1.82, 2.24) is 25.5 Å². The van der Waals surface area contributed by atoms with Crippen LogP contribution in [-0.2, 0) is 11.3 Å². The molecule has 1 atom stereocenters. The van der Waals surface area contributed by atoms with E-state index in [1.54, 1.807) is 4.68 Å². The Morgan fingerprint density at radius 2 is 2.22 bits per heavy atom. The van der Waals surface area contributed by atoms with Crippen LogP contribution in [0, 0.1) is 0 Å². The fraction of sp³-hybridized carbons (Fsp3) is 0.900. The third-order valence-corrected chi connectivity index (χ3v) is 2.34. The van der Waals surface area contributed by atoms with Crippen molar-refractivity contribution in [3.63, 3.8) is 0 Å². The van der Waals surface area contributed by atoms with Crippen LogP contribution in [0.5, 0.6) is 0 Å². The summed E-state index contributed by atoms with van der Waals surface area (Å²) in [6.45, 7) is 4.88. The number of hydrogen-bond donors (Lipinski definition) is 1. The Morgan fingerprint density at radius 1 is 1.44 bits per heavy atom. The lowest BCUT2D eigenvalue weighted by Gasteiger charge is -2.12. The number of alkyl halides is 2. The number of nitrogens with one attached hydrogen (secondary N) is 1. The highest BCUT2D eigenvalue weighted by molar-refractivity contribution is 4.89. The molecule has 1 aromatic heterocycles. The molecule has 0 aromatic carbocycles. The van der Waals surface area contributed by atoms with E-state index in [1.165, 1.54) is 0 Å². The fourth-order valence-electron chi connectivity index (χ4n) is 1.46. The van der Waals surface area contributed by atoms with E-state index in [4.69, 9.17) is 4.74 Å². The monoisotopic (exact) mass is 263 g/mol. The molecule has 0 amide bonds. The van der Waals surface area contributed by atoms with Crippen LogP contribution in [0.15, 0.2) is 0 Å². The van der Waals surface area contributed by atoms with Crippen LogP contribution in [0.3, 0.4) is 0 Å². The minimum atomic E-state index is -2.44. The van der Waals surface area contributed by atoms with Crippen molar-refractivity contribution >= 4 is 0 Å². The van der Waals surface area contributed by atoms with Crippen LogP contribution in [-0.4, -0.2) is 46.4 Å². The average Bonchev–Trinajstić information content (AvgIpc) is 2.79. The van der Waals surface area contributed by atoms with E-state index in [1.807, 2.05) is 6.92 Å². The Hall–Kier alpha value is -1.15. The maximum absolute atomic E-state index is 11.9. The Kier molecular flexibility index (Phi) is 6.66. The molecule has 1 unspecified atom stereocenters. The van der Waals surface area contributed by atoms with Crippen molar-refractivity contribution in [2.24, 2.45) is 0 Å². The van der Waals surface area contributed by atoms with Crippen molar-refractivity contribution in [2.75, 3.05) is 19.8 Å². The largest absolute Gasteiger partial charge is 0.374 e. The number of halogens is 2. The van der Waals surface area contributed by atoms with Crippen molar-refractivity contribution in [3.05, 3.63) is 5.82 Å². The predicted octanol–water partition coefficient (Wildman–Crippen LogP) is 1.02. The van der Waals surface area contributed by atoms with Gasteiger partial charge in [0.2, 0.25) is 0 Å². The topological polar surface area (TPSA) is 64.9 Å². The summed E-state index contributed by atoms with van der Waals surface area (Å²) in [5.74, 6) is 0.684. The Labute approximate surface area is 105 Å². The molecule has 18 heavy (non-hydrogen) atoms. The average molecular weight is 263 g/mol. The highest BCUT2D eigenvalue weighted by Crippen LogP contribution is 2.07. The SMILES string of the molecule is CCCNC(C)c1nnnn1CCOCC(F)F. The molecule has 8 heteroatoms. The van der Waals surface area contributed by atoms with Gasteiger partial charge in [0.1, 0.15) is 6.61 Å². The standard InChI is InChI=1S/C10H19F2N5O/c1-3-4-13-8(2)10-14-15-16-17(10)5-6-18-7-9(11)12/h8-9,13H,3-7H2,1-2H3. The number of aromatic nitrogens is 4. The van der Waals surface area contributed by atoms with Crippen molar-refractivity contribution in [1.29, 1.82) is 0 Å². The summed E-state index contributed by atoms with van der Waals surface area (Å²) in [5.41, 5.74) is 0. The summed E-state index contributed by atoms with van der Waals surface area (Å²) in [7, 11) is 0. The van der Waals surface area contributed by atoms with Gasteiger partial charge in [-0.1, -0.05) is 6.92 Å². The molecule has 6 nitrogen and oxygen atoms in total. The molecule has 0 spiro atoms. The summed E-state index contributed by atoms with van der Waals surface area (Å²) in [6, 6.07) is 0.0232. The van der Waals surface area contributed by atoms with Gasteiger partial charge >= 0.3 is 0 Å². The maximum Gasteiger partial charge on any atom is 0.261 e. The van der Waals surface area contributed by atoms with Crippen LogP contribution in [0.25, 0.3) is 0 Å². The van der Waals surface area contributed by atoms with E-state index >= 15 is 0 Å². The van der Waals surface area contributed by atoms with Gasteiger partial charge in [0.15, 0.2) is 5.82 Å². The first kappa shape index (κ1) is 14.9. The number of nitrogens with zero attached hydrogens (tertiary/aromatic N) is 4. The molecule has 0 bridgehead atoms. The van der Waals surface area contributed by atoms with Gasteiger partial charge in [-0.3, -0.25) is 0 Å². The minimum absolute atomic E-state index is 0.0232. The normalized spacial score (nSPS) is 13.2. The van der Waals surface area contributed by atoms with Crippen LogP contribution in [0.1, 0.15) is 32.1 Å². The van der Waals surface area contributed by atoms with E-state index in [9.17, 15) is 8.78 Å². The molecule has 1 N–H and O–H groups in total. The molecule has 0 saturated heterocycles. The molecule has 1 aromatic rings. The predicted molar refractivity (Wildman–Crippen MR) is 61.3 cm³/mol. The molecule has 104 valence electrons. The van der Waals surface area contributed by atoms with Crippen molar-refractivity contribution in [3.8, 4) is 0 Å². The van der Waals surface area contributed by atoms with E-state index in [2.05, 4.69) is 27.8 Å². The Bertz CT molecular complexity index is 334. The molecule has 1 heterocycles. The van der Waals surface area contributed by atoms with Crippen LogP contribution < -0.4 is 5.32 Å². The van der Waals surface area contributed by atoms with Gasteiger partial charge in [0.05, 0.1) is 19.2 Å². The summed E-state index contributed by atoms with van der Waals surface area (Å²) >= 11 is 0. The van der Waals surface area contributed by atoms with E-state index in [0.717, 1.165) is 13.0 Å². The molecule has 1 rings (SSSR count). The van der Waals surface area contributed by atoms with Crippen LogP contribution in [0.4, 0.5) is 8.78 Å². The van der Waals surface area contributed by atoms with Crippen molar-refractivity contribution < 1.29 is 13.5 Å². The summed E-state index contributed by atoms with van der Waals surface area (Å²) in [6.07, 6.45) is -1.42. The van der Waals surface area contributed by atoms with Gasteiger partial charge in [-0.05, 0) is 30.3 Å². The van der Waals surface area contributed by atoms with E-state index in [0.29, 0.717) is 12.4 Å². The second kappa shape index (κ2) is 8.04. The summed E-state index contributed by atoms with van der Waals surface area (Å²) < 4.78 is 30.1. The fourth-order valence-corrected chi connectivity index (χ4v) is 1.46. The molecule has 0 aliphatic rings. The zero-order valence-corrected chi connectivity index (χ0v) is 10.6. The second-order valence-corrected chi connectivity index (χ2v) is 3.90. The van der Waals surface area contributed by atoms with E-state index in [-0.39, 0.29) is 12.6 Å². The zero-order valence-electron chi connectivity index (χ0n) is 10.6. The maximum atomic E-state index is 11.9. The Morgan fingerprint density at radius 3 is 2.89 bits per heavy atom. The second-order valence-electron chi connectivity index (χ2n) is 3.90. The molecule has 0 radical (unpaired) electrons. The quantitative estimate of drug-likeness (QED) is 0.674. The molecule has 0 saturated carbocycles. The third-order valence-electron chi connectivity index (χ3n) is 2.34. The number of ether oxygens (including phenoxy) is 1. The van der Waals surface area contributed by atoms with E-state index < -0.39 is 13.0 Å². The van der Waals surface area contributed by atoms with Gasteiger partial charge in [-0.25, -0.2) is 13.5 Å². The minimum Gasteiger partial charge on any atom is -0.374 e. The molecular formula is C10H19F2N5O. The lowest BCUT2D eigenvalue weighted by molar-refractivity contribution is 0.0136. The van der Waals surface area contributed by atoms with Gasteiger partial charge in [-0.2, -0.15) is 0 Å². The molecule has 0 fully saturated rings. The molecular weight excluding hydrogens is 244 g/mol. The summed E-state index contributed by atoms with van der Waals surface area (Å²) in [5, 5.41) is 14.6. The lowest BCUT2D eigenvalue weighted by atomic mass is 10.3. The first-order valence-corrected chi connectivity index (χ1v) is 6.00. The third kappa shape index (κ3) is 5.01. The number of tetrazole rings is 1.